The fourth-order valence-corrected chi connectivity index (χ4v) is 4.18. The second-order valence-corrected chi connectivity index (χ2v) is 7.93. The molecule has 4 rings (SSSR count). The molecule has 0 aromatic heterocycles. The van der Waals surface area contributed by atoms with E-state index in [0.717, 1.165) is 11.1 Å². The zero-order valence-corrected chi connectivity index (χ0v) is 19.5. The van der Waals surface area contributed by atoms with Gasteiger partial charge in [0.2, 0.25) is 0 Å². The Balaban J connectivity index is 1.67. The minimum Gasteiger partial charge on any atom is -0.494 e. The Morgan fingerprint density at radius 2 is 1.63 bits per heavy atom. The van der Waals surface area contributed by atoms with Crippen molar-refractivity contribution in [2.45, 2.75) is 26.7 Å². The van der Waals surface area contributed by atoms with Crippen molar-refractivity contribution in [1.82, 2.24) is 0 Å². The summed E-state index contributed by atoms with van der Waals surface area (Å²) in [5.74, 6) is -1.34. The number of nitrogens with one attached hydrogen (secondary N) is 1. The molecule has 1 aliphatic rings. The maximum Gasteiger partial charge on any atom is 0.273 e. The van der Waals surface area contributed by atoms with Crippen molar-refractivity contribution in [3.63, 3.8) is 0 Å². The minimum atomic E-state index is -0.566. The number of methoxy groups -OCH3 is 1. The van der Waals surface area contributed by atoms with Crippen LogP contribution in [0, 0.1) is 10.1 Å². The number of nitro benzene ring substituents is 1. The molecule has 9 heteroatoms. The summed E-state index contributed by atoms with van der Waals surface area (Å²) in [5, 5.41) is 13.6. The van der Waals surface area contributed by atoms with Crippen LogP contribution in [0.5, 0.6) is 5.75 Å². The molecule has 0 atom stereocenters. The number of carbonyl (C=O) groups excluding carboxylic acids is 3. The highest BCUT2D eigenvalue weighted by Gasteiger charge is 2.39. The molecule has 1 N–H and O–H groups in total. The quantitative estimate of drug-likeness (QED) is 0.300. The first-order chi connectivity index (χ1) is 16.8. The van der Waals surface area contributed by atoms with E-state index in [0.29, 0.717) is 18.5 Å². The minimum absolute atomic E-state index is 0.120. The second-order valence-electron chi connectivity index (χ2n) is 7.93. The molecule has 3 aromatic carbocycles. The molecule has 178 valence electrons. The molecular weight excluding hydrogens is 450 g/mol. The van der Waals surface area contributed by atoms with Gasteiger partial charge in [0.25, 0.3) is 23.4 Å². The molecule has 0 radical (unpaired) electrons. The molecule has 1 aliphatic heterocycles. The number of para-hydroxylation sites is 1. The number of anilines is 2. The van der Waals surface area contributed by atoms with Crippen LogP contribution in [0.3, 0.4) is 0 Å². The number of hydrogen-bond donors (Lipinski definition) is 1. The molecule has 1 heterocycles. The molecule has 0 fully saturated rings. The van der Waals surface area contributed by atoms with Gasteiger partial charge in [-0.1, -0.05) is 32.0 Å². The highest BCUT2D eigenvalue weighted by molar-refractivity contribution is 6.35. The first kappa shape index (κ1) is 23.6. The Morgan fingerprint density at radius 1 is 0.971 bits per heavy atom. The third-order valence-corrected chi connectivity index (χ3v) is 5.98. The number of aryl methyl sites for hydroxylation is 2. The third kappa shape index (κ3) is 4.12. The standard InChI is InChI=1S/C26H23N3O6/c1-4-15-7-6-8-16(5-2)23(15)28-25(31)19-11-9-17(13-20(19)26(28)32)24(30)27-21-12-10-18(29(33)34)14-22(21)35-3/h6-14H,4-5H2,1-3H3,(H,27,30). The maximum atomic E-state index is 13.4. The summed E-state index contributed by atoms with van der Waals surface area (Å²) < 4.78 is 5.16. The van der Waals surface area contributed by atoms with Gasteiger partial charge in [-0.3, -0.25) is 24.5 Å². The summed E-state index contributed by atoms with van der Waals surface area (Å²) in [7, 11) is 1.33. The average Bonchev–Trinajstić information content (AvgIpc) is 3.12. The van der Waals surface area contributed by atoms with Crippen molar-refractivity contribution >= 4 is 34.8 Å². The van der Waals surface area contributed by atoms with Crippen LogP contribution < -0.4 is 15.0 Å². The first-order valence-electron chi connectivity index (χ1n) is 11.1. The van der Waals surface area contributed by atoms with Crippen LogP contribution >= 0.6 is 0 Å². The summed E-state index contributed by atoms with van der Waals surface area (Å²) >= 11 is 0. The van der Waals surface area contributed by atoms with Gasteiger partial charge in [0.1, 0.15) is 5.75 Å². The maximum absolute atomic E-state index is 13.4. The summed E-state index contributed by atoms with van der Waals surface area (Å²) in [5.41, 5.74) is 2.97. The number of rotatable bonds is 7. The number of carbonyl (C=O) groups is 3. The van der Waals surface area contributed by atoms with E-state index in [9.17, 15) is 24.5 Å². The van der Waals surface area contributed by atoms with Crippen molar-refractivity contribution in [2.75, 3.05) is 17.3 Å². The highest BCUT2D eigenvalue weighted by Crippen LogP contribution is 2.35. The number of hydrogen-bond acceptors (Lipinski definition) is 6. The van der Waals surface area contributed by atoms with Crippen molar-refractivity contribution in [2.24, 2.45) is 0 Å². The monoisotopic (exact) mass is 473 g/mol. The Kier molecular flexibility index (Phi) is 6.33. The van der Waals surface area contributed by atoms with Gasteiger partial charge in [-0.05, 0) is 48.2 Å². The van der Waals surface area contributed by atoms with Gasteiger partial charge in [0.05, 0.1) is 40.6 Å². The molecule has 0 unspecified atom stereocenters. The Morgan fingerprint density at radius 3 is 2.23 bits per heavy atom. The van der Waals surface area contributed by atoms with Gasteiger partial charge in [-0.2, -0.15) is 0 Å². The lowest BCUT2D eigenvalue weighted by atomic mass is 10.0. The van der Waals surface area contributed by atoms with E-state index in [1.165, 1.54) is 48.4 Å². The molecule has 3 amide bonds. The van der Waals surface area contributed by atoms with Crippen LogP contribution in [0.1, 0.15) is 56.0 Å². The van der Waals surface area contributed by atoms with Crippen LogP contribution in [0.4, 0.5) is 17.1 Å². The zero-order chi connectivity index (χ0) is 25.3. The normalized spacial score (nSPS) is 12.5. The van der Waals surface area contributed by atoms with Crippen molar-refractivity contribution in [3.05, 3.63) is 92.5 Å². The van der Waals surface area contributed by atoms with E-state index < -0.39 is 22.6 Å². The summed E-state index contributed by atoms with van der Waals surface area (Å²) in [6.07, 6.45) is 1.31. The Labute approximate surface area is 201 Å². The topological polar surface area (TPSA) is 119 Å². The van der Waals surface area contributed by atoms with Gasteiger partial charge in [-0.25, -0.2) is 4.90 Å². The SMILES string of the molecule is CCc1cccc(CC)c1N1C(=O)c2ccc(C(=O)Nc3ccc([N+](=O)[O-])cc3OC)cc2C1=O. The van der Waals surface area contributed by atoms with Crippen LogP contribution in [0.15, 0.2) is 54.6 Å². The molecule has 35 heavy (non-hydrogen) atoms. The summed E-state index contributed by atoms with van der Waals surface area (Å²) in [4.78, 5) is 51.1. The van der Waals surface area contributed by atoms with E-state index >= 15 is 0 Å². The Bertz CT molecular complexity index is 1360. The third-order valence-electron chi connectivity index (χ3n) is 5.98. The van der Waals surface area contributed by atoms with E-state index in [4.69, 9.17) is 4.74 Å². The van der Waals surface area contributed by atoms with E-state index in [1.54, 1.807) is 0 Å². The number of nitrogens with zero attached hydrogens (tertiary/aromatic N) is 2. The van der Waals surface area contributed by atoms with E-state index in [1.807, 2.05) is 32.0 Å². The number of imide groups is 1. The van der Waals surface area contributed by atoms with Gasteiger partial charge in [-0.15, -0.1) is 0 Å². The molecule has 0 saturated carbocycles. The predicted octanol–water partition coefficient (Wildman–Crippen LogP) is 4.78. The number of fused-ring (bicyclic) bond motifs is 1. The van der Waals surface area contributed by atoms with Gasteiger partial charge in [0.15, 0.2) is 0 Å². The van der Waals surface area contributed by atoms with Crippen molar-refractivity contribution in [3.8, 4) is 5.75 Å². The molecule has 0 saturated heterocycles. The number of ether oxygens (including phenoxy) is 1. The summed E-state index contributed by atoms with van der Waals surface area (Å²) in [6.45, 7) is 3.93. The second kappa shape index (κ2) is 9.38. The van der Waals surface area contributed by atoms with Crippen LogP contribution in [-0.4, -0.2) is 29.8 Å². The number of benzene rings is 3. The average molecular weight is 473 g/mol. The highest BCUT2D eigenvalue weighted by atomic mass is 16.6. The molecule has 9 nitrogen and oxygen atoms in total. The van der Waals surface area contributed by atoms with Crippen molar-refractivity contribution in [1.29, 1.82) is 0 Å². The lowest BCUT2D eigenvalue weighted by Crippen LogP contribution is -2.31. The number of non-ortho nitro benzene ring substituents is 1. The smallest absolute Gasteiger partial charge is 0.273 e. The van der Waals surface area contributed by atoms with Gasteiger partial charge >= 0.3 is 0 Å². The number of nitro groups is 1. The lowest BCUT2D eigenvalue weighted by Gasteiger charge is -2.21. The van der Waals surface area contributed by atoms with Crippen molar-refractivity contribution < 1.29 is 24.0 Å². The first-order valence-corrected chi connectivity index (χ1v) is 11.1. The van der Waals surface area contributed by atoms with Gasteiger partial charge < -0.3 is 10.1 Å². The predicted molar refractivity (Wildman–Crippen MR) is 130 cm³/mol. The zero-order valence-electron chi connectivity index (χ0n) is 19.5. The fraction of sp³-hybridized carbons (Fsp3) is 0.192. The molecule has 0 bridgehead atoms. The van der Waals surface area contributed by atoms with Gasteiger partial charge in [0, 0.05) is 11.6 Å². The largest absolute Gasteiger partial charge is 0.494 e. The van der Waals surface area contributed by atoms with E-state index in [-0.39, 0.29) is 33.8 Å². The molecule has 0 spiro atoms. The van der Waals surface area contributed by atoms with Crippen LogP contribution in [0.2, 0.25) is 0 Å². The fourth-order valence-electron chi connectivity index (χ4n) is 4.18. The molecular formula is C26H23N3O6. The summed E-state index contributed by atoms with van der Waals surface area (Å²) in [6, 6.07) is 13.9. The Hall–Kier alpha value is -4.53. The lowest BCUT2D eigenvalue weighted by molar-refractivity contribution is -0.384. The van der Waals surface area contributed by atoms with Crippen LogP contribution in [0.25, 0.3) is 0 Å². The number of amides is 3. The van der Waals surface area contributed by atoms with Crippen LogP contribution in [-0.2, 0) is 12.8 Å². The molecule has 3 aromatic rings. The van der Waals surface area contributed by atoms with E-state index in [2.05, 4.69) is 5.32 Å². The molecule has 0 aliphatic carbocycles.